The van der Waals surface area contributed by atoms with E-state index in [4.69, 9.17) is 5.73 Å². The maximum atomic E-state index is 12.0. The first-order chi connectivity index (χ1) is 7.59. The number of pyridine rings is 1. The summed E-state index contributed by atoms with van der Waals surface area (Å²) in [5.41, 5.74) is 7.54. The van der Waals surface area contributed by atoms with Crippen LogP contribution in [-0.4, -0.2) is 16.3 Å². The fraction of sp³-hybridized carbons (Fsp3) is 0.538. The number of ketones is 1. The van der Waals surface area contributed by atoms with E-state index in [1.54, 1.807) is 6.20 Å². The Bertz CT molecular complexity index is 377. The fourth-order valence-electron chi connectivity index (χ4n) is 2.31. The average Bonchev–Trinajstić information content (AvgIpc) is 2.65. The van der Waals surface area contributed by atoms with Crippen molar-refractivity contribution >= 4 is 5.78 Å². The molecule has 16 heavy (non-hydrogen) atoms. The summed E-state index contributed by atoms with van der Waals surface area (Å²) in [5, 5.41) is 0. The summed E-state index contributed by atoms with van der Waals surface area (Å²) in [7, 11) is 0. The molecular weight excluding hydrogens is 200 g/mol. The topological polar surface area (TPSA) is 56.0 Å². The number of nitrogens with zero attached hydrogens (tertiary/aromatic N) is 1. The van der Waals surface area contributed by atoms with Crippen LogP contribution in [0.2, 0.25) is 0 Å². The molecule has 2 rings (SSSR count). The van der Waals surface area contributed by atoms with Crippen molar-refractivity contribution < 1.29 is 4.79 Å². The largest absolute Gasteiger partial charge is 0.325 e. The summed E-state index contributed by atoms with van der Waals surface area (Å²) >= 11 is 0. The Labute approximate surface area is 96.1 Å². The number of aromatic nitrogens is 1. The maximum Gasteiger partial charge on any atom is 0.166 e. The van der Waals surface area contributed by atoms with Crippen molar-refractivity contribution in [2.24, 2.45) is 5.73 Å². The Kier molecular flexibility index (Phi) is 3.06. The van der Waals surface area contributed by atoms with E-state index >= 15 is 0 Å². The first-order valence-corrected chi connectivity index (χ1v) is 5.84. The third-order valence-electron chi connectivity index (χ3n) is 3.35. The van der Waals surface area contributed by atoms with Gasteiger partial charge in [0.25, 0.3) is 0 Å². The van der Waals surface area contributed by atoms with Gasteiger partial charge in [-0.3, -0.25) is 9.78 Å². The molecule has 0 aliphatic heterocycles. The lowest BCUT2D eigenvalue weighted by molar-refractivity contribution is 0.0952. The smallest absolute Gasteiger partial charge is 0.166 e. The van der Waals surface area contributed by atoms with Crippen LogP contribution in [0.5, 0.6) is 0 Å². The molecule has 0 aromatic carbocycles. The van der Waals surface area contributed by atoms with Crippen LogP contribution < -0.4 is 5.73 Å². The number of rotatable bonds is 3. The van der Waals surface area contributed by atoms with Crippen molar-refractivity contribution in [2.45, 2.75) is 44.6 Å². The van der Waals surface area contributed by atoms with Crippen molar-refractivity contribution in [3.05, 3.63) is 29.6 Å². The highest BCUT2D eigenvalue weighted by Gasteiger charge is 2.31. The van der Waals surface area contributed by atoms with Crippen LogP contribution in [0.1, 0.15) is 48.2 Å². The molecule has 1 saturated carbocycles. The van der Waals surface area contributed by atoms with Gasteiger partial charge in [-0.15, -0.1) is 0 Å². The third-order valence-corrected chi connectivity index (χ3v) is 3.35. The van der Waals surface area contributed by atoms with E-state index in [0.29, 0.717) is 12.0 Å². The Morgan fingerprint density at radius 3 is 2.69 bits per heavy atom. The van der Waals surface area contributed by atoms with Gasteiger partial charge in [0, 0.05) is 29.4 Å². The molecule has 2 N–H and O–H groups in total. The van der Waals surface area contributed by atoms with E-state index in [1.807, 2.05) is 19.1 Å². The second kappa shape index (κ2) is 4.34. The van der Waals surface area contributed by atoms with Crippen LogP contribution in [-0.2, 0) is 0 Å². The highest BCUT2D eigenvalue weighted by Crippen LogP contribution is 2.31. The Balaban J connectivity index is 2.05. The molecule has 1 aliphatic rings. The Morgan fingerprint density at radius 2 is 2.12 bits per heavy atom. The van der Waals surface area contributed by atoms with Crippen LogP contribution in [0.25, 0.3) is 0 Å². The first-order valence-electron chi connectivity index (χ1n) is 5.84. The standard InChI is InChI=1S/C13H18N2O/c1-10-4-5-11(9-15-10)12(16)8-13(14)6-2-3-7-13/h4-5,9H,2-3,6-8,14H2,1H3. The lowest BCUT2D eigenvalue weighted by atomic mass is 9.90. The van der Waals surface area contributed by atoms with E-state index in [1.165, 1.54) is 0 Å². The van der Waals surface area contributed by atoms with Crippen molar-refractivity contribution in [3.8, 4) is 0 Å². The normalized spacial score (nSPS) is 18.6. The monoisotopic (exact) mass is 218 g/mol. The summed E-state index contributed by atoms with van der Waals surface area (Å²) in [5.74, 6) is 0.122. The molecule has 0 atom stereocenters. The SMILES string of the molecule is Cc1ccc(C(=O)CC2(N)CCCC2)cn1. The average molecular weight is 218 g/mol. The molecule has 1 aliphatic carbocycles. The molecule has 1 aromatic heterocycles. The predicted octanol–water partition coefficient (Wildman–Crippen LogP) is 2.23. The summed E-state index contributed by atoms with van der Waals surface area (Å²) in [4.78, 5) is 16.1. The molecule has 0 radical (unpaired) electrons. The quantitative estimate of drug-likeness (QED) is 0.791. The molecule has 1 aromatic rings. The number of hydrogen-bond donors (Lipinski definition) is 1. The van der Waals surface area contributed by atoms with Gasteiger partial charge in [0.2, 0.25) is 0 Å². The van der Waals surface area contributed by atoms with Crippen LogP contribution in [0.3, 0.4) is 0 Å². The van der Waals surface area contributed by atoms with Crippen LogP contribution in [0.15, 0.2) is 18.3 Å². The van der Waals surface area contributed by atoms with E-state index < -0.39 is 0 Å². The molecular formula is C13H18N2O. The highest BCUT2D eigenvalue weighted by atomic mass is 16.1. The zero-order chi connectivity index (χ0) is 11.6. The summed E-state index contributed by atoms with van der Waals surface area (Å²) in [6.07, 6.45) is 6.34. The second-order valence-corrected chi connectivity index (χ2v) is 4.86. The zero-order valence-electron chi connectivity index (χ0n) is 9.70. The summed E-state index contributed by atoms with van der Waals surface area (Å²) < 4.78 is 0. The molecule has 1 fully saturated rings. The van der Waals surface area contributed by atoms with Crippen molar-refractivity contribution in [3.63, 3.8) is 0 Å². The van der Waals surface area contributed by atoms with E-state index in [2.05, 4.69) is 4.98 Å². The predicted molar refractivity (Wildman–Crippen MR) is 63.3 cm³/mol. The van der Waals surface area contributed by atoms with E-state index in [0.717, 1.165) is 31.4 Å². The van der Waals surface area contributed by atoms with Gasteiger partial charge in [-0.05, 0) is 31.9 Å². The number of aryl methyl sites for hydroxylation is 1. The lowest BCUT2D eigenvalue weighted by Crippen LogP contribution is -2.38. The minimum absolute atomic E-state index is 0.122. The van der Waals surface area contributed by atoms with Crippen molar-refractivity contribution in [1.29, 1.82) is 0 Å². The van der Waals surface area contributed by atoms with Gasteiger partial charge in [0.15, 0.2) is 5.78 Å². The molecule has 1 heterocycles. The molecule has 3 heteroatoms. The van der Waals surface area contributed by atoms with Gasteiger partial charge >= 0.3 is 0 Å². The molecule has 86 valence electrons. The molecule has 0 bridgehead atoms. The minimum atomic E-state index is -0.262. The Hall–Kier alpha value is -1.22. The number of nitrogens with two attached hydrogens (primary N) is 1. The van der Waals surface area contributed by atoms with Gasteiger partial charge in [0.1, 0.15) is 0 Å². The van der Waals surface area contributed by atoms with Gasteiger partial charge < -0.3 is 5.73 Å². The highest BCUT2D eigenvalue weighted by molar-refractivity contribution is 5.96. The van der Waals surface area contributed by atoms with Crippen LogP contribution in [0.4, 0.5) is 0 Å². The molecule has 3 nitrogen and oxygen atoms in total. The first kappa shape index (κ1) is 11.3. The van der Waals surface area contributed by atoms with Crippen LogP contribution >= 0.6 is 0 Å². The van der Waals surface area contributed by atoms with E-state index in [-0.39, 0.29) is 11.3 Å². The summed E-state index contributed by atoms with van der Waals surface area (Å²) in [6.45, 7) is 1.91. The van der Waals surface area contributed by atoms with Crippen molar-refractivity contribution in [1.82, 2.24) is 4.98 Å². The Morgan fingerprint density at radius 1 is 1.44 bits per heavy atom. The lowest BCUT2D eigenvalue weighted by Gasteiger charge is -2.22. The second-order valence-electron chi connectivity index (χ2n) is 4.86. The van der Waals surface area contributed by atoms with Crippen LogP contribution in [0, 0.1) is 6.92 Å². The molecule has 0 amide bonds. The van der Waals surface area contributed by atoms with E-state index in [9.17, 15) is 4.79 Å². The van der Waals surface area contributed by atoms with Gasteiger partial charge in [-0.25, -0.2) is 0 Å². The molecule has 0 unspecified atom stereocenters. The number of carbonyl (C=O) groups excluding carboxylic acids is 1. The number of carbonyl (C=O) groups is 1. The third kappa shape index (κ3) is 2.47. The minimum Gasteiger partial charge on any atom is -0.325 e. The molecule has 0 spiro atoms. The van der Waals surface area contributed by atoms with Gasteiger partial charge in [-0.2, -0.15) is 0 Å². The zero-order valence-corrected chi connectivity index (χ0v) is 9.70. The molecule has 0 saturated heterocycles. The maximum absolute atomic E-state index is 12.0. The van der Waals surface area contributed by atoms with Gasteiger partial charge in [0.05, 0.1) is 0 Å². The fourth-order valence-corrected chi connectivity index (χ4v) is 2.31. The number of Topliss-reactive ketones (excluding diaryl/α,β-unsaturated/α-hetero) is 1. The summed E-state index contributed by atoms with van der Waals surface area (Å²) in [6, 6.07) is 3.70. The van der Waals surface area contributed by atoms with Crippen molar-refractivity contribution in [2.75, 3.05) is 0 Å². The number of hydrogen-bond acceptors (Lipinski definition) is 3. The van der Waals surface area contributed by atoms with Gasteiger partial charge in [-0.1, -0.05) is 12.8 Å².